The zero-order chi connectivity index (χ0) is 11.3. The molecule has 0 aliphatic heterocycles. The molecule has 1 rings (SSSR count). The number of benzene rings is 1. The van der Waals surface area contributed by atoms with Crippen LogP contribution in [-0.4, -0.2) is 16.8 Å². The minimum absolute atomic E-state index is 0.0998. The normalized spacial score (nSPS) is 13.6. The standard InChI is InChI=1S/C12H15NO2/c1-3-11(12(14)15)13-9(2)10-7-5-4-6-8-10/h4-9H,3H2,1-2H3,(H,14,15). The molecular formula is C12H15NO2. The summed E-state index contributed by atoms with van der Waals surface area (Å²) in [5.41, 5.74) is 1.26. The first-order chi connectivity index (χ1) is 7.15. The molecule has 0 amide bonds. The van der Waals surface area contributed by atoms with E-state index in [1.807, 2.05) is 37.3 Å². The van der Waals surface area contributed by atoms with Gasteiger partial charge in [-0.1, -0.05) is 37.3 Å². The van der Waals surface area contributed by atoms with Gasteiger partial charge in [-0.05, 0) is 18.9 Å². The Kier molecular flexibility index (Phi) is 4.03. The van der Waals surface area contributed by atoms with Gasteiger partial charge < -0.3 is 5.11 Å². The lowest BCUT2D eigenvalue weighted by molar-refractivity contribution is -0.129. The molecule has 1 aromatic carbocycles. The molecular weight excluding hydrogens is 190 g/mol. The highest BCUT2D eigenvalue weighted by atomic mass is 16.4. The fraction of sp³-hybridized carbons (Fsp3) is 0.333. The van der Waals surface area contributed by atoms with Crippen molar-refractivity contribution in [3.63, 3.8) is 0 Å². The highest BCUT2D eigenvalue weighted by molar-refractivity contribution is 6.35. The van der Waals surface area contributed by atoms with Crippen LogP contribution in [0.15, 0.2) is 35.3 Å². The van der Waals surface area contributed by atoms with Crippen molar-refractivity contribution in [1.82, 2.24) is 0 Å². The van der Waals surface area contributed by atoms with Crippen LogP contribution in [0.25, 0.3) is 0 Å². The van der Waals surface area contributed by atoms with Crippen molar-refractivity contribution in [1.29, 1.82) is 0 Å². The Morgan fingerprint density at radius 3 is 2.47 bits per heavy atom. The van der Waals surface area contributed by atoms with Crippen molar-refractivity contribution in [3.8, 4) is 0 Å². The smallest absolute Gasteiger partial charge is 0.349 e. The molecule has 1 atom stereocenters. The Balaban J connectivity index is 2.86. The molecule has 0 aromatic heterocycles. The van der Waals surface area contributed by atoms with Crippen LogP contribution in [0.5, 0.6) is 0 Å². The van der Waals surface area contributed by atoms with E-state index in [9.17, 15) is 4.79 Å². The maximum atomic E-state index is 10.8. The fourth-order valence-corrected chi connectivity index (χ4v) is 1.34. The van der Waals surface area contributed by atoms with Crippen LogP contribution in [-0.2, 0) is 4.79 Å². The van der Waals surface area contributed by atoms with E-state index in [0.717, 1.165) is 5.56 Å². The third-order valence-electron chi connectivity index (χ3n) is 2.21. The molecule has 3 heteroatoms. The average molecular weight is 205 g/mol. The molecule has 15 heavy (non-hydrogen) atoms. The largest absolute Gasteiger partial charge is 0.477 e. The van der Waals surface area contributed by atoms with E-state index in [2.05, 4.69) is 4.99 Å². The number of hydrogen-bond donors (Lipinski definition) is 1. The van der Waals surface area contributed by atoms with Crippen molar-refractivity contribution in [2.75, 3.05) is 0 Å². The molecule has 1 aromatic rings. The predicted octanol–water partition coefficient (Wildman–Crippen LogP) is 2.68. The molecule has 0 heterocycles. The van der Waals surface area contributed by atoms with Gasteiger partial charge in [0.15, 0.2) is 0 Å². The average Bonchev–Trinajstić information content (AvgIpc) is 2.26. The molecule has 0 aliphatic rings. The van der Waals surface area contributed by atoms with Crippen LogP contribution in [0.3, 0.4) is 0 Å². The van der Waals surface area contributed by atoms with E-state index in [0.29, 0.717) is 6.42 Å². The molecule has 80 valence electrons. The van der Waals surface area contributed by atoms with Gasteiger partial charge in [0.25, 0.3) is 0 Å². The van der Waals surface area contributed by atoms with Crippen molar-refractivity contribution in [2.45, 2.75) is 26.3 Å². The van der Waals surface area contributed by atoms with Gasteiger partial charge in [-0.15, -0.1) is 0 Å². The summed E-state index contributed by atoms with van der Waals surface area (Å²) in [4.78, 5) is 14.9. The van der Waals surface area contributed by atoms with Crippen molar-refractivity contribution in [3.05, 3.63) is 35.9 Å². The van der Waals surface area contributed by atoms with Gasteiger partial charge in [0, 0.05) is 0 Å². The Morgan fingerprint density at radius 2 is 2.00 bits per heavy atom. The third kappa shape index (κ3) is 3.20. The lowest BCUT2D eigenvalue weighted by atomic mass is 10.1. The molecule has 0 aliphatic carbocycles. The van der Waals surface area contributed by atoms with Crippen molar-refractivity contribution in [2.24, 2.45) is 4.99 Å². The number of aliphatic carboxylic acids is 1. The summed E-state index contributed by atoms with van der Waals surface area (Å²) in [6, 6.07) is 9.57. The first-order valence-electron chi connectivity index (χ1n) is 5.00. The summed E-state index contributed by atoms with van der Waals surface area (Å²) in [6.45, 7) is 3.69. The maximum Gasteiger partial charge on any atom is 0.349 e. The molecule has 0 radical (unpaired) electrons. The Morgan fingerprint density at radius 1 is 1.40 bits per heavy atom. The summed E-state index contributed by atoms with van der Waals surface area (Å²) in [5, 5.41) is 8.84. The van der Waals surface area contributed by atoms with Gasteiger partial charge >= 0.3 is 5.97 Å². The maximum absolute atomic E-state index is 10.8. The van der Waals surface area contributed by atoms with Crippen LogP contribution >= 0.6 is 0 Å². The number of rotatable bonds is 4. The lowest BCUT2D eigenvalue weighted by Crippen LogP contribution is -2.12. The Hall–Kier alpha value is -1.64. The minimum atomic E-state index is -0.930. The lowest BCUT2D eigenvalue weighted by Gasteiger charge is -2.07. The summed E-state index contributed by atoms with van der Waals surface area (Å²) < 4.78 is 0. The Labute approximate surface area is 89.5 Å². The highest BCUT2D eigenvalue weighted by Gasteiger charge is 2.09. The van der Waals surface area contributed by atoms with E-state index in [-0.39, 0.29) is 11.8 Å². The fourth-order valence-electron chi connectivity index (χ4n) is 1.34. The highest BCUT2D eigenvalue weighted by Crippen LogP contribution is 2.16. The summed E-state index contributed by atoms with van der Waals surface area (Å²) in [6.07, 6.45) is 0.451. The second kappa shape index (κ2) is 5.29. The van der Waals surface area contributed by atoms with E-state index < -0.39 is 5.97 Å². The molecule has 0 saturated carbocycles. The molecule has 3 nitrogen and oxygen atoms in total. The van der Waals surface area contributed by atoms with E-state index in [4.69, 9.17) is 5.11 Å². The van der Waals surface area contributed by atoms with Gasteiger partial charge in [-0.2, -0.15) is 0 Å². The molecule has 0 saturated heterocycles. The van der Waals surface area contributed by atoms with Crippen LogP contribution < -0.4 is 0 Å². The number of carbonyl (C=O) groups is 1. The molecule has 0 fully saturated rings. The number of aliphatic imine (C=N–C) groups is 1. The summed E-state index contributed by atoms with van der Waals surface area (Å²) >= 11 is 0. The SMILES string of the molecule is CCC(=NC(C)c1ccccc1)C(=O)O. The van der Waals surface area contributed by atoms with Crippen LogP contribution in [0.2, 0.25) is 0 Å². The van der Waals surface area contributed by atoms with Crippen molar-refractivity contribution < 1.29 is 9.90 Å². The quantitative estimate of drug-likeness (QED) is 0.768. The topological polar surface area (TPSA) is 49.7 Å². The van der Waals surface area contributed by atoms with Crippen LogP contribution in [0.4, 0.5) is 0 Å². The van der Waals surface area contributed by atoms with E-state index in [1.54, 1.807) is 6.92 Å². The van der Waals surface area contributed by atoms with E-state index in [1.165, 1.54) is 0 Å². The van der Waals surface area contributed by atoms with Crippen LogP contribution in [0, 0.1) is 0 Å². The number of carboxylic acid groups (broad SMARTS) is 1. The summed E-state index contributed by atoms with van der Waals surface area (Å²) in [7, 11) is 0. The zero-order valence-corrected chi connectivity index (χ0v) is 8.97. The minimum Gasteiger partial charge on any atom is -0.477 e. The number of carboxylic acids is 1. The Bertz CT molecular complexity index is 357. The molecule has 0 bridgehead atoms. The molecule has 0 spiro atoms. The molecule has 1 unspecified atom stereocenters. The van der Waals surface area contributed by atoms with Gasteiger partial charge in [-0.3, -0.25) is 4.99 Å². The van der Waals surface area contributed by atoms with Gasteiger partial charge in [-0.25, -0.2) is 4.79 Å². The number of hydrogen-bond acceptors (Lipinski definition) is 2. The van der Waals surface area contributed by atoms with Crippen LogP contribution in [0.1, 0.15) is 31.9 Å². The van der Waals surface area contributed by atoms with Crippen molar-refractivity contribution >= 4 is 11.7 Å². The third-order valence-corrected chi connectivity index (χ3v) is 2.21. The first kappa shape index (κ1) is 11.4. The molecule has 1 N–H and O–H groups in total. The zero-order valence-electron chi connectivity index (χ0n) is 8.97. The first-order valence-corrected chi connectivity index (χ1v) is 5.00. The van der Waals surface area contributed by atoms with E-state index >= 15 is 0 Å². The monoisotopic (exact) mass is 205 g/mol. The second-order valence-corrected chi connectivity index (χ2v) is 3.32. The second-order valence-electron chi connectivity index (χ2n) is 3.32. The number of nitrogens with zero attached hydrogens (tertiary/aromatic N) is 1. The predicted molar refractivity (Wildman–Crippen MR) is 60.2 cm³/mol. The van der Waals surface area contributed by atoms with Gasteiger partial charge in [0.1, 0.15) is 5.71 Å². The summed E-state index contributed by atoms with van der Waals surface area (Å²) in [5.74, 6) is -0.930. The van der Waals surface area contributed by atoms with Gasteiger partial charge in [0.05, 0.1) is 6.04 Å². The van der Waals surface area contributed by atoms with Gasteiger partial charge in [0.2, 0.25) is 0 Å².